The zero-order chi connectivity index (χ0) is 13.1. The van der Waals surface area contributed by atoms with Crippen molar-refractivity contribution in [2.45, 2.75) is 19.4 Å². The topological polar surface area (TPSA) is 20.2 Å². The van der Waals surface area contributed by atoms with Gasteiger partial charge < -0.3 is 5.11 Å². The largest absolute Gasteiger partial charge is 0.388 e. The second-order valence-electron chi connectivity index (χ2n) is 4.34. The van der Waals surface area contributed by atoms with Gasteiger partial charge in [-0.05, 0) is 24.6 Å². The molecule has 0 radical (unpaired) electrons. The number of benzene rings is 2. The van der Waals surface area contributed by atoms with Crippen molar-refractivity contribution in [2.75, 3.05) is 0 Å². The van der Waals surface area contributed by atoms with E-state index in [1.165, 1.54) is 5.56 Å². The molecule has 1 N–H and O–H groups in total. The third kappa shape index (κ3) is 3.14. The maximum atomic E-state index is 10.3. The number of rotatable bonds is 3. The van der Waals surface area contributed by atoms with Crippen LogP contribution in [-0.2, 0) is 6.42 Å². The van der Waals surface area contributed by atoms with Gasteiger partial charge in [-0.3, -0.25) is 0 Å². The van der Waals surface area contributed by atoms with Crippen LogP contribution in [0.1, 0.15) is 22.8 Å². The van der Waals surface area contributed by atoms with Crippen LogP contribution in [0.5, 0.6) is 0 Å². The molecular weight excluding hydrogens is 312 g/mol. The lowest BCUT2D eigenvalue weighted by Crippen LogP contribution is -2.03. The van der Waals surface area contributed by atoms with Crippen LogP contribution in [-0.4, -0.2) is 5.11 Å². The van der Waals surface area contributed by atoms with E-state index in [0.717, 1.165) is 15.6 Å². The summed E-state index contributed by atoms with van der Waals surface area (Å²) in [6.07, 6.45) is -0.0424. The normalized spacial score (nSPS) is 12.4. The Hall–Kier alpha value is -0.830. The molecule has 2 rings (SSSR count). The maximum Gasteiger partial charge on any atom is 0.0855 e. The summed E-state index contributed by atoms with van der Waals surface area (Å²) in [5.41, 5.74) is 3.05. The molecular formula is C15H14BrClO. The molecule has 94 valence electrons. The van der Waals surface area contributed by atoms with Crippen LogP contribution in [0.3, 0.4) is 0 Å². The number of hydrogen-bond acceptors (Lipinski definition) is 1. The minimum atomic E-state index is -0.602. The van der Waals surface area contributed by atoms with Crippen LogP contribution >= 0.6 is 27.5 Å². The van der Waals surface area contributed by atoms with Gasteiger partial charge in [0.15, 0.2) is 0 Å². The van der Waals surface area contributed by atoms with E-state index < -0.39 is 6.10 Å². The maximum absolute atomic E-state index is 10.3. The molecule has 0 saturated carbocycles. The molecule has 0 fully saturated rings. The molecule has 0 aliphatic carbocycles. The fourth-order valence-electron chi connectivity index (χ4n) is 1.99. The molecule has 1 nitrogen and oxygen atoms in total. The smallest absolute Gasteiger partial charge is 0.0855 e. The average molecular weight is 326 g/mol. The molecule has 0 aliphatic heterocycles. The van der Waals surface area contributed by atoms with Crippen molar-refractivity contribution in [3.8, 4) is 0 Å². The molecule has 2 aromatic rings. The monoisotopic (exact) mass is 324 g/mol. The zero-order valence-corrected chi connectivity index (χ0v) is 12.4. The van der Waals surface area contributed by atoms with E-state index in [4.69, 9.17) is 11.6 Å². The molecule has 3 heteroatoms. The van der Waals surface area contributed by atoms with E-state index in [0.29, 0.717) is 11.4 Å². The lowest BCUT2D eigenvalue weighted by atomic mass is 10.0. The van der Waals surface area contributed by atoms with E-state index in [1.54, 1.807) is 6.07 Å². The van der Waals surface area contributed by atoms with Gasteiger partial charge in [-0.15, -0.1) is 0 Å². The Kier molecular flexibility index (Phi) is 4.44. The van der Waals surface area contributed by atoms with Crippen LogP contribution in [0.4, 0.5) is 0 Å². The number of aliphatic hydroxyl groups excluding tert-OH is 1. The molecule has 1 unspecified atom stereocenters. The van der Waals surface area contributed by atoms with Gasteiger partial charge in [0, 0.05) is 21.5 Å². The van der Waals surface area contributed by atoms with Crippen molar-refractivity contribution in [3.05, 3.63) is 68.7 Å². The Morgan fingerprint density at radius 1 is 1.22 bits per heavy atom. The SMILES string of the molecule is Cc1cccc(CC(O)c2c(Cl)cccc2Br)c1. The third-order valence-electron chi connectivity index (χ3n) is 2.84. The Morgan fingerprint density at radius 3 is 2.61 bits per heavy atom. The summed E-state index contributed by atoms with van der Waals surface area (Å²) in [4.78, 5) is 0. The van der Waals surface area contributed by atoms with Crippen molar-refractivity contribution < 1.29 is 5.11 Å². The third-order valence-corrected chi connectivity index (χ3v) is 3.87. The zero-order valence-electron chi connectivity index (χ0n) is 10.0. The molecule has 18 heavy (non-hydrogen) atoms. The van der Waals surface area contributed by atoms with Crippen molar-refractivity contribution in [3.63, 3.8) is 0 Å². The summed E-state index contributed by atoms with van der Waals surface area (Å²) in [5, 5.41) is 10.9. The summed E-state index contributed by atoms with van der Waals surface area (Å²) in [6, 6.07) is 13.7. The number of aliphatic hydroxyl groups is 1. The minimum Gasteiger partial charge on any atom is -0.388 e. The van der Waals surface area contributed by atoms with Crippen molar-refractivity contribution in [2.24, 2.45) is 0 Å². The number of aryl methyl sites for hydroxylation is 1. The van der Waals surface area contributed by atoms with Gasteiger partial charge in [0.2, 0.25) is 0 Å². The molecule has 0 saturated heterocycles. The molecule has 0 bridgehead atoms. The molecule has 0 aromatic heterocycles. The van der Waals surface area contributed by atoms with Crippen LogP contribution in [0, 0.1) is 6.92 Å². The van der Waals surface area contributed by atoms with Gasteiger partial charge in [0.1, 0.15) is 0 Å². The lowest BCUT2D eigenvalue weighted by molar-refractivity contribution is 0.178. The predicted octanol–water partition coefficient (Wildman–Crippen LogP) is 4.69. The van der Waals surface area contributed by atoms with E-state index >= 15 is 0 Å². The Labute approximate surface area is 121 Å². The first-order valence-corrected chi connectivity index (χ1v) is 6.92. The first kappa shape index (κ1) is 13.6. The second-order valence-corrected chi connectivity index (χ2v) is 5.61. The van der Waals surface area contributed by atoms with Crippen molar-refractivity contribution >= 4 is 27.5 Å². The first-order chi connectivity index (χ1) is 8.58. The fraction of sp³-hybridized carbons (Fsp3) is 0.200. The van der Waals surface area contributed by atoms with E-state index in [9.17, 15) is 5.11 Å². The molecule has 0 heterocycles. The highest BCUT2D eigenvalue weighted by atomic mass is 79.9. The molecule has 0 spiro atoms. The number of hydrogen-bond donors (Lipinski definition) is 1. The lowest BCUT2D eigenvalue weighted by Gasteiger charge is -2.15. The summed E-state index contributed by atoms with van der Waals surface area (Å²) in [7, 11) is 0. The van der Waals surface area contributed by atoms with Crippen molar-refractivity contribution in [1.29, 1.82) is 0 Å². The van der Waals surface area contributed by atoms with Gasteiger partial charge in [-0.1, -0.05) is 63.4 Å². The van der Waals surface area contributed by atoms with Crippen LogP contribution in [0.15, 0.2) is 46.9 Å². The van der Waals surface area contributed by atoms with Crippen LogP contribution in [0.2, 0.25) is 5.02 Å². The Balaban J connectivity index is 2.25. The summed E-state index contributed by atoms with van der Waals surface area (Å²) in [6.45, 7) is 2.04. The molecule has 1 atom stereocenters. The van der Waals surface area contributed by atoms with Crippen LogP contribution in [0.25, 0.3) is 0 Å². The van der Waals surface area contributed by atoms with Crippen LogP contribution < -0.4 is 0 Å². The highest BCUT2D eigenvalue weighted by molar-refractivity contribution is 9.10. The standard InChI is InChI=1S/C15H14BrClO/c1-10-4-2-5-11(8-10)9-14(18)15-12(16)6-3-7-13(15)17/h2-8,14,18H,9H2,1H3. The van der Waals surface area contributed by atoms with Gasteiger partial charge in [-0.2, -0.15) is 0 Å². The van der Waals surface area contributed by atoms with Crippen molar-refractivity contribution in [1.82, 2.24) is 0 Å². The number of halogens is 2. The van der Waals surface area contributed by atoms with Gasteiger partial charge in [-0.25, -0.2) is 0 Å². The summed E-state index contributed by atoms with van der Waals surface area (Å²) >= 11 is 9.56. The second kappa shape index (κ2) is 5.87. The quantitative estimate of drug-likeness (QED) is 0.868. The minimum absolute atomic E-state index is 0.560. The van der Waals surface area contributed by atoms with E-state index in [2.05, 4.69) is 22.0 Å². The Bertz CT molecular complexity index is 534. The summed E-state index contributed by atoms with van der Waals surface area (Å²) in [5.74, 6) is 0. The Morgan fingerprint density at radius 2 is 1.94 bits per heavy atom. The van der Waals surface area contributed by atoms with E-state index in [-0.39, 0.29) is 0 Å². The van der Waals surface area contributed by atoms with Gasteiger partial charge in [0.05, 0.1) is 6.10 Å². The molecule has 2 aromatic carbocycles. The van der Waals surface area contributed by atoms with E-state index in [1.807, 2.05) is 37.3 Å². The fourth-order valence-corrected chi connectivity index (χ4v) is 3.04. The molecule has 0 amide bonds. The first-order valence-electron chi connectivity index (χ1n) is 5.75. The van der Waals surface area contributed by atoms with Gasteiger partial charge in [0.25, 0.3) is 0 Å². The summed E-state index contributed by atoms with van der Waals surface area (Å²) < 4.78 is 0.843. The van der Waals surface area contributed by atoms with Gasteiger partial charge >= 0.3 is 0 Å². The predicted molar refractivity (Wildman–Crippen MR) is 79.0 cm³/mol. The highest BCUT2D eigenvalue weighted by Gasteiger charge is 2.15. The average Bonchev–Trinajstić information content (AvgIpc) is 2.28. The molecule has 0 aliphatic rings. The highest BCUT2D eigenvalue weighted by Crippen LogP contribution is 2.32.